The van der Waals surface area contributed by atoms with Gasteiger partial charge in [0.1, 0.15) is 0 Å². The van der Waals surface area contributed by atoms with Crippen LogP contribution in [-0.4, -0.2) is 24.5 Å². The molecule has 0 aromatic heterocycles. The lowest BCUT2D eigenvalue weighted by Crippen LogP contribution is -2.35. The van der Waals surface area contributed by atoms with Gasteiger partial charge in [-0.15, -0.1) is 0 Å². The van der Waals surface area contributed by atoms with E-state index in [0.29, 0.717) is 21.3 Å². The molecule has 2 aromatic carbocycles. The number of nitrogens with two attached hydrogens (primary N) is 1. The fraction of sp³-hybridized carbons (Fsp3) is 0.211. The molecule has 0 aliphatic rings. The number of urea groups is 1. The number of nitrogens with one attached hydrogen (secondary N) is 2. The number of benzene rings is 2. The first kappa shape index (κ1) is 21.5. The Morgan fingerprint density at radius 2 is 1.82 bits per heavy atom. The number of anilines is 1. The van der Waals surface area contributed by atoms with E-state index in [2.05, 4.69) is 10.6 Å². The van der Waals surface area contributed by atoms with E-state index in [0.717, 1.165) is 5.56 Å². The smallest absolute Gasteiger partial charge is 0.312 e. The van der Waals surface area contributed by atoms with Gasteiger partial charge in [0, 0.05) is 5.02 Å². The molecule has 0 aliphatic heterocycles. The normalized spacial score (nSPS) is 11.4. The number of hydrogen-bond donors (Lipinski definition) is 3. The van der Waals surface area contributed by atoms with E-state index in [-0.39, 0.29) is 6.42 Å². The highest BCUT2D eigenvalue weighted by molar-refractivity contribution is 6.33. The Hall–Kier alpha value is -2.77. The van der Waals surface area contributed by atoms with E-state index in [4.69, 9.17) is 33.7 Å². The molecule has 4 N–H and O–H groups in total. The molecular formula is C19H19Cl2N3O4. The maximum absolute atomic E-state index is 12.1. The topological polar surface area (TPSA) is 111 Å². The van der Waals surface area contributed by atoms with Crippen molar-refractivity contribution in [1.82, 2.24) is 5.32 Å². The number of esters is 1. The maximum Gasteiger partial charge on any atom is 0.312 e. The Labute approximate surface area is 172 Å². The van der Waals surface area contributed by atoms with Crippen LogP contribution in [0, 0.1) is 6.92 Å². The number of carbonyl (C=O) groups is 3. The molecule has 0 spiro atoms. The highest BCUT2D eigenvalue weighted by Gasteiger charge is 2.21. The number of hydrogen-bond acceptors (Lipinski definition) is 4. The molecule has 7 nitrogen and oxygen atoms in total. The third kappa shape index (κ3) is 6.44. The first-order chi connectivity index (χ1) is 13.3. The van der Waals surface area contributed by atoms with Crippen LogP contribution < -0.4 is 16.4 Å². The zero-order valence-corrected chi connectivity index (χ0v) is 16.5. The summed E-state index contributed by atoms with van der Waals surface area (Å²) in [5.74, 6) is -1.25. The summed E-state index contributed by atoms with van der Waals surface area (Å²) in [5, 5.41) is 5.74. The van der Waals surface area contributed by atoms with Crippen LogP contribution in [0.4, 0.5) is 10.5 Å². The van der Waals surface area contributed by atoms with Crippen molar-refractivity contribution in [1.29, 1.82) is 0 Å². The predicted molar refractivity (Wildman–Crippen MR) is 107 cm³/mol. The summed E-state index contributed by atoms with van der Waals surface area (Å²) in [5.41, 5.74) is 7.04. The monoisotopic (exact) mass is 423 g/mol. The van der Waals surface area contributed by atoms with Crippen LogP contribution in [0.15, 0.2) is 42.5 Å². The van der Waals surface area contributed by atoms with Crippen LogP contribution in [0.2, 0.25) is 10.0 Å². The molecule has 1 atom stereocenters. The molecular weight excluding hydrogens is 405 g/mol. The quantitative estimate of drug-likeness (QED) is 0.590. The Morgan fingerprint density at radius 3 is 2.46 bits per heavy atom. The largest absolute Gasteiger partial charge is 0.455 e. The van der Waals surface area contributed by atoms with Crippen LogP contribution in [-0.2, 0) is 14.3 Å². The van der Waals surface area contributed by atoms with Gasteiger partial charge in [0.2, 0.25) is 0 Å². The molecule has 2 rings (SSSR count). The van der Waals surface area contributed by atoms with Gasteiger partial charge < -0.3 is 21.1 Å². The van der Waals surface area contributed by atoms with Crippen molar-refractivity contribution >= 4 is 46.8 Å². The van der Waals surface area contributed by atoms with Crippen LogP contribution in [0.3, 0.4) is 0 Å². The van der Waals surface area contributed by atoms with Gasteiger partial charge in [-0.25, -0.2) is 4.79 Å². The maximum atomic E-state index is 12.1. The molecule has 3 amide bonds. The van der Waals surface area contributed by atoms with Crippen LogP contribution >= 0.6 is 23.2 Å². The Morgan fingerprint density at radius 1 is 1.11 bits per heavy atom. The van der Waals surface area contributed by atoms with Gasteiger partial charge in [-0.1, -0.05) is 47.5 Å². The SMILES string of the molecule is Cc1ccc(NC(=O)COC(=O)CC(NC(N)=O)c2ccccc2Cl)c(Cl)c1. The fourth-order valence-corrected chi connectivity index (χ4v) is 3.00. The average Bonchev–Trinajstić information content (AvgIpc) is 2.62. The average molecular weight is 424 g/mol. The van der Waals surface area contributed by atoms with Gasteiger partial charge in [0.05, 0.1) is 23.2 Å². The van der Waals surface area contributed by atoms with Gasteiger partial charge >= 0.3 is 12.0 Å². The molecule has 0 bridgehead atoms. The molecule has 1 unspecified atom stereocenters. The van der Waals surface area contributed by atoms with Crippen molar-refractivity contribution in [3.63, 3.8) is 0 Å². The van der Waals surface area contributed by atoms with Gasteiger partial charge in [0.25, 0.3) is 5.91 Å². The Bertz CT molecular complexity index is 889. The third-order valence-corrected chi connectivity index (χ3v) is 4.39. The minimum atomic E-state index is -0.815. The lowest BCUT2D eigenvalue weighted by Gasteiger charge is -2.18. The van der Waals surface area contributed by atoms with Crippen LogP contribution in [0.5, 0.6) is 0 Å². The molecule has 28 heavy (non-hydrogen) atoms. The van der Waals surface area contributed by atoms with E-state index in [1.165, 1.54) is 0 Å². The molecule has 148 valence electrons. The van der Waals surface area contributed by atoms with Crippen molar-refractivity contribution in [2.24, 2.45) is 5.73 Å². The summed E-state index contributed by atoms with van der Waals surface area (Å²) in [4.78, 5) is 35.3. The van der Waals surface area contributed by atoms with Crippen LogP contribution in [0.1, 0.15) is 23.6 Å². The Kier molecular flexibility index (Phi) is 7.66. The highest BCUT2D eigenvalue weighted by atomic mass is 35.5. The molecule has 0 aliphatic carbocycles. The molecule has 0 radical (unpaired) electrons. The standard InChI is InChI=1S/C19H19Cl2N3O4/c1-11-6-7-15(14(21)8-11)23-17(25)10-28-18(26)9-16(24-19(22)27)12-4-2-3-5-13(12)20/h2-8,16H,9-10H2,1H3,(H,23,25)(H3,22,24,27). The molecule has 0 heterocycles. The van der Waals surface area contributed by atoms with Gasteiger partial charge in [-0.2, -0.15) is 0 Å². The van der Waals surface area contributed by atoms with E-state index < -0.39 is 30.6 Å². The summed E-state index contributed by atoms with van der Waals surface area (Å²) in [6.45, 7) is 1.36. The second kappa shape index (κ2) is 9.96. The minimum absolute atomic E-state index is 0.245. The number of rotatable bonds is 7. The van der Waals surface area contributed by atoms with E-state index in [9.17, 15) is 14.4 Å². The molecule has 9 heteroatoms. The first-order valence-corrected chi connectivity index (χ1v) is 9.04. The van der Waals surface area contributed by atoms with Crippen molar-refractivity contribution in [2.75, 3.05) is 11.9 Å². The van der Waals surface area contributed by atoms with E-state index in [1.807, 2.05) is 6.92 Å². The van der Waals surface area contributed by atoms with E-state index in [1.54, 1.807) is 42.5 Å². The number of amides is 3. The van der Waals surface area contributed by atoms with Crippen molar-refractivity contribution < 1.29 is 19.1 Å². The minimum Gasteiger partial charge on any atom is -0.455 e. The summed E-state index contributed by atoms with van der Waals surface area (Å²) in [6.07, 6.45) is -0.245. The third-order valence-electron chi connectivity index (χ3n) is 3.73. The second-order valence-corrected chi connectivity index (χ2v) is 6.79. The van der Waals surface area contributed by atoms with E-state index >= 15 is 0 Å². The lowest BCUT2D eigenvalue weighted by atomic mass is 10.0. The highest BCUT2D eigenvalue weighted by Crippen LogP contribution is 2.25. The van der Waals surface area contributed by atoms with Crippen molar-refractivity contribution in [3.8, 4) is 0 Å². The lowest BCUT2D eigenvalue weighted by molar-refractivity contribution is -0.147. The molecule has 0 fully saturated rings. The fourth-order valence-electron chi connectivity index (χ4n) is 2.45. The second-order valence-electron chi connectivity index (χ2n) is 5.98. The number of halogens is 2. The number of primary amides is 1. The summed E-state index contributed by atoms with van der Waals surface area (Å²) in [6, 6.07) is 10.2. The molecule has 2 aromatic rings. The van der Waals surface area contributed by atoms with Crippen LogP contribution in [0.25, 0.3) is 0 Å². The Balaban J connectivity index is 1.94. The zero-order chi connectivity index (χ0) is 20.7. The zero-order valence-electron chi connectivity index (χ0n) is 15.0. The van der Waals surface area contributed by atoms with Crippen molar-refractivity contribution in [2.45, 2.75) is 19.4 Å². The number of carbonyl (C=O) groups excluding carboxylic acids is 3. The van der Waals surface area contributed by atoms with Gasteiger partial charge in [-0.05, 0) is 36.2 Å². The van der Waals surface area contributed by atoms with Gasteiger partial charge in [-0.3, -0.25) is 9.59 Å². The number of aryl methyl sites for hydroxylation is 1. The van der Waals surface area contributed by atoms with Crippen molar-refractivity contribution in [3.05, 3.63) is 63.6 Å². The first-order valence-electron chi connectivity index (χ1n) is 8.28. The number of ether oxygens (including phenoxy) is 1. The summed E-state index contributed by atoms with van der Waals surface area (Å²) >= 11 is 12.2. The molecule has 0 saturated heterocycles. The summed E-state index contributed by atoms with van der Waals surface area (Å²) < 4.78 is 4.98. The summed E-state index contributed by atoms with van der Waals surface area (Å²) in [7, 11) is 0. The molecule has 0 saturated carbocycles. The van der Waals surface area contributed by atoms with Gasteiger partial charge in [0.15, 0.2) is 6.61 Å². The predicted octanol–water partition coefficient (Wildman–Crippen LogP) is 3.58.